The first-order valence-corrected chi connectivity index (χ1v) is 8.65. The average Bonchev–Trinajstić information content (AvgIpc) is 2.66. The molecule has 0 aromatic heterocycles. The predicted octanol–water partition coefficient (Wildman–Crippen LogP) is 3.73. The van der Waals surface area contributed by atoms with Crippen LogP contribution < -0.4 is 10.2 Å². The number of carbonyl (C=O) groups is 1. The molecular weight excluding hydrogens is 354 g/mol. The molecule has 0 saturated heterocycles. The number of fused-ring (bicyclic) bond motifs is 1. The van der Waals surface area contributed by atoms with Crippen molar-refractivity contribution in [2.45, 2.75) is 20.0 Å². The van der Waals surface area contributed by atoms with Crippen molar-refractivity contribution in [3.05, 3.63) is 64.2 Å². The molecule has 1 heterocycles. The summed E-state index contributed by atoms with van der Waals surface area (Å²) in [6, 6.07) is 13.4. The number of amides is 1. The highest BCUT2D eigenvalue weighted by Crippen LogP contribution is 2.30. The number of hydrogen-bond donors (Lipinski definition) is 1. The average molecular weight is 372 g/mol. The van der Waals surface area contributed by atoms with Gasteiger partial charge < -0.3 is 10.2 Å². The van der Waals surface area contributed by atoms with Crippen molar-refractivity contribution in [1.82, 2.24) is 5.32 Å². The molecule has 128 valence electrons. The summed E-state index contributed by atoms with van der Waals surface area (Å²) < 4.78 is 0. The molecule has 25 heavy (non-hydrogen) atoms. The number of nitrogens with one attached hydrogen (secondary N) is 1. The Morgan fingerprint density at radius 3 is 2.64 bits per heavy atom. The van der Waals surface area contributed by atoms with Crippen molar-refractivity contribution >= 4 is 46.1 Å². The maximum absolute atomic E-state index is 12.9. The number of aryl methyl sites for hydroxylation is 1. The highest BCUT2D eigenvalue weighted by molar-refractivity contribution is 7.80. The Morgan fingerprint density at radius 2 is 1.96 bits per heavy atom. The lowest BCUT2D eigenvalue weighted by atomic mass is 9.97. The molecule has 6 heteroatoms. The van der Waals surface area contributed by atoms with Gasteiger partial charge in [-0.2, -0.15) is 0 Å². The molecule has 2 aromatic rings. The van der Waals surface area contributed by atoms with Crippen LogP contribution in [0.1, 0.15) is 23.6 Å². The van der Waals surface area contributed by atoms with Gasteiger partial charge in [-0.05, 0) is 37.6 Å². The molecule has 1 unspecified atom stereocenters. The van der Waals surface area contributed by atoms with Gasteiger partial charge in [-0.15, -0.1) is 0 Å². The van der Waals surface area contributed by atoms with Crippen LogP contribution in [0, 0.1) is 6.92 Å². The summed E-state index contributed by atoms with van der Waals surface area (Å²) in [7, 11) is 1.73. The summed E-state index contributed by atoms with van der Waals surface area (Å²) in [5.41, 5.74) is 4.35. The van der Waals surface area contributed by atoms with Gasteiger partial charge in [-0.25, -0.2) is 4.99 Å². The van der Waals surface area contributed by atoms with Crippen molar-refractivity contribution in [3.8, 4) is 0 Å². The molecule has 3 rings (SSSR count). The lowest BCUT2D eigenvalue weighted by molar-refractivity contribution is -0.119. The number of carbonyl (C=O) groups excluding carboxylic acids is 1. The van der Waals surface area contributed by atoms with Crippen LogP contribution in [0.4, 0.5) is 5.69 Å². The fraction of sp³-hybridized carbons (Fsp3) is 0.211. The van der Waals surface area contributed by atoms with Crippen LogP contribution in [0.15, 0.2) is 47.5 Å². The first-order chi connectivity index (χ1) is 11.9. The number of thiocarbonyl (C=S) groups is 1. The minimum absolute atomic E-state index is 0.170. The van der Waals surface area contributed by atoms with E-state index >= 15 is 0 Å². The van der Waals surface area contributed by atoms with Crippen molar-refractivity contribution in [1.29, 1.82) is 0 Å². The molecule has 2 aromatic carbocycles. The van der Waals surface area contributed by atoms with E-state index < -0.39 is 6.17 Å². The topological polar surface area (TPSA) is 44.7 Å². The Hall–Kier alpha value is -2.24. The molecule has 1 amide bonds. The quantitative estimate of drug-likeness (QED) is 0.818. The van der Waals surface area contributed by atoms with Crippen molar-refractivity contribution in [2.24, 2.45) is 4.99 Å². The van der Waals surface area contributed by atoms with Gasteiger partial charge >= 0.3 is 0 Å². The number of anilines is 1. The van der Waals surface area contributed by atoms with Gasteiger partial charge in [0.15, 0.2) is 6.17 Å². The molecule has 0 radical (unpaired) electrons. The van der Waals surface area contributed by atoms with E-state index in [1.54, 1.807) is 24.9 Å². The van der Waals surface area contributed by atoms with E-state index in [2.05, 4.69) is 5.32 Å². The summed E-state index contributed by atoms with van der Waals surface area (Å²) in [4.78, 5) is 19.7. The zero-order chi connectivity index (χ0) is 18.1. The van der Waals surface area contributed by atoms with Crippen LogP contribution in [-0.4, -0.2) is 29.8 Å². The minimum atomic E-state index is -0.775. The third kappa shape index (κ3) is 3.43. The van der Waals surface area contributed by atoms with Crippen molar-refractivity contribution in [2.75, 3.05) is 11.9 Å². The zero-order valence-corrected chi connectivity index (χ0v) is 15.8. The molecule has 0 aliphatic carbocycles. The van der Waals surface area contributed by atoms with E-state index in [9.17, 15) is 4.79 Å². The second-order valence-electron chi connectivity index (χ2n) is 5.95. The maximum atomic E-state index is 12.9. The van der Waals surface area contributed by atoms with Crippen LogP contribution in [0.5, 0.6) is 0 Å². The molecule has 1 N–H and O–H groups in total. The molecule has 0 fully saturated rings. The molecular formula is C19H18ClN3OS. The van der Waals surface area contributed by atoms with Gasteiger partial charge in [0.1, 0.15) is 0 Å². The number of nitrogens with zero attached hydrogens (tertiary/aromatic N) is 2. The highest BCUT2D eigenvalue weighted by atomic mass is 35.5. The molecule has 1 aliphatic rings. The van der Waals surface area contributed by atoms with E-state index in [4.69, 9.17) is 28.8 Å². The van der Waals surface area contributed by atoms with Gasteiger partial charge in [0, 0.05) is 23.2 Å². The van der Waals surface area contributed by atoms with Gasteiger partial charge in [-0.3, -0.25) is 4.79 Å². The van der Waals surface area contributed by atoms with Gasteiger partial charge in [0.05, 0.1) is 16.4 Å². The Kier molecular flexibility index (Phi) is 4.88. The summed E-state index contributed by atoms with van der Waals surface area (Å²) in [5.74, 6) is -0.170. The van der Waals surface area contributed by atoms with Crippen LogP contribution in [0.3, 0.4) is 0 Å². The number of halogens is 1. The lowest BCUT2D eigenvalue weighted by Gasteiger charge is -2.21. The van der Waals surface area contributed by atoms with Crippen LogP contribution in [-0.2, 0) is 4.79 Å². The maximum Gasteiger partial charge on any atom is 0.271 e. The number of hydrogen-bond acceptors (Lipinski definition) is 3. The normalized spacial score (nSPS) is 16.8. The predicted molar refractivity (Wildman–Crippen MR) is 107 cm³/mol. The van der Waals surface area contributed by atoms with Crippen LogP contribution in [0.2, 0.25) is 5.02 Å². The van der Waals surface area contributed by atoms with Gasteiger partial charge in [-0.1, -0.05) is 48.1 Å². The molecule has 1 atom stereocenters. The van der Waals surface area contributed by atoms with Crippen molar-refractivity contribution in [3.63, 3.8) is 0 Å². The van der Waals surface area contributed by atoms with Gasteiger partial charge in [0.2, 0.25) is 0 Å². The summed E-state index contributed by atoms with van der Waals surface area (Å²) in [6.45, 7) is 3.76. The summed E-state index contributed by atoms with van der Waals surface area (Å²) in [5, 5.41) is 3.59. The third-order valence-corrected chi connectivity index (χ3v) is 4.49. The lowest BCUT2D eigenvalue weighted by Crippen LogP contribution is -2.44. The van der Waals surface area contributed by atoms with E-state index in [1.165, 1.54) is 0 Å². The SMILES string of the molecule is CC(=S)NC1N=C(c2ccccc2C)c2cc(Cl)ccc2N(C)C1=O. The molecule has 1 aliphatic heterocycles. The Labute approximate surface area is 157 Å². The van der Waals surface area contributed by atoms with E-state index in [0.29, 0.717) is 10.0 Å². The highest BCUT2D eigenvalue weighted by Gasteiger charge is 2.30. The number of benzodiazepines with no additional fused rings is 1. The number of aliphatic imine (C=N–C) groups is 1. The fourth-order valence-corrected chi connectivity index (χ4v) is 3.17. The van der Waals surface area contributed by atoms with Gasteiger partial charge in [0.25, 0.3) is 5.91 Å². The zero-order valence-electron chi connectivity index (χ0n) is 14.2. The second-order valence-corrected chi connectivity index (χ2v) is 7.00. The van der Waals surface area contributed by atoms with E-state index in [0.717, 1.165) is 28.1 Å². The Bertz CT molecular complexity index is 894. The smallest absolute Gasteiger partial charge is 0.271 e. The van der Waals surface area contributed by atoms with Crippen LogP contribution in [0.25, 0.3) is 0 Å². The first kappa shape index (κ1) is 17.6. The third-order valence-electron chi connectivity index (χ3n) is 4.14. The molecule has 0 saturated carbocycles. The number of likely N-dealkylation sites (N-methyl/N-ethyl adjacent to an activating group) is 1. The molecule has 0 bridgehead atoms. The molecule has 0 spiro atoms. The summed E-state index contributed by atoms with van der Waals surface area (Å²) >= 11 is 11.4. The van der Waals surface area contributed by atoms with E-state index in [-0.39, 0.29) is 5.91 Å². The monoisotopic (exact) mass is 371 g/mol. The molecule has 4 nitrogen and oxygen atoms in total. The first-order valence-electron chi connectivity index (χ1n) is 7.87. The largest absolute Gasteiger partial charge is 0.351 e. The number of benzene rings is 2. The Balaban J connectivity index is 2.28. The Morgan fingerprint density at radius 1 is 1.24 bits per heavy atom. The van der Waals surface area contributed by atoms with E-state index in [1.807, 2.05) is 43.3 Å². The fourth-order valence-electron chi connectivity index (χ4n) is 2.89. The number of rotatable bonds is 2. The summed E-state index contributed by atoms with van der Waals surface area (Å²) in [6.07, 6.45) is -0.775. The minimum Gasteiger partial charge on any atom is -0.351 e. The standard InChI is InChI=1S/C19H18ClN3OS/c1-11-6-4-5-7-14(11)17-15-10-13(20)8-9-16(15)23(3)19(24)18(22-17)21-12(2)25/h4-10,18H,1-3H3,(H,21,25). The second kappa shape index (κ2) is 6.94. The van der Waals surface area contributed by atoms with Crippen LogP contribution >= 0.6 is 23.8 Å². The van der Waals surface area contributed by atoms with Crippen molar-refractivity contribution < 1.29 is 4.79 Å².